The third-order valence-electron chi connectivity index (χ3n) is 10.9. The number of aromatic hydroxyl groups is 1. The summed E-state index contributed by atoms with van der Waals surface area (Å²) in [4.78, 5) is 104. The standard InChI is InChI=1S/C47H77N7O14/c1-4-6-7-8-10-37(56)26-34(46(63)64)14-17-42(60)51-18-20-66-22-23-67-30-38(57)11-9-19-65-21-24-68-31-43(61)54-44(32(3)5-2)41(59)29-52-39(28-53-47(49)50)40(58)27-35(45(48)62)25-33-12-15-36(55)16-13-33/h12-13,15-16,32,34-35,39,44,52,55H,4-11,14,17-31H2,1-3H3,(H2,48,62)(H,51,60)(H,54,61)(H,63,64)(H4,49,50,53)/t32-,34+,35+,39-,44-/m0/s1. The second-order valence-corrected chi connectivity index (χ2v) is 16.7. The van der Waals surface area contributed by atoms with E-state index < -0.39 is 53.3 Å². The van der Waals surface area contributed by atoms with Gasteiger partial charge in [-0.05, 0) is 49.3 Å². The van der Waals surface area contributed by atoms with E-state index in [1.807, 2.05) is 6.92 Å². The van der Waals surface area contributed by atoms with Crippen LogP contribution in [0.15, 0.2) is 29.3 Å². The summed E-state index contributed by atoms with van der Waals surface area (Å²) in [5.41, 5.74) is 17.3. The molecule has 0 heterocycles. The first-order valence-electron chi connectivity index (χ1n) is 23.5. The molecule has 21 nitrogen and oxygen atoms in total. The van der Waals surface area contributed by atoms with Crippen LogP contribution in [-0.2, 0) is 63.7 Å². The van der Waals surface area contributed by atoms with E-state index in [1.165, 1.54) is 12.1 Å². The van der Waals surface area contributed by atoms with Crippen LogP contribution in [0.3, 0.4) is 0 Å². The summed E-state index contributed by atoms with van der Waals surface area (Å²) in [5, 5.41) is 27.3. The van der Waals surface area contributed by atoms with Gasteiger partial charge in [-0.1, -0.05) is 58.6 Å². The molecule has 0 spiro atoms. The summed E-state index contributed by atoms with van der Waals surface area (Å²) in [5.74, 6) is -5.97. The topological polar surface area (TPSA) is 340 Å². The Hall–Kier alpha value is -5.35. The maximum absolute atomic E-state index is 13.4. The number of hydrogen-bond donors (Lipinski definition) is 8. The molecule has 5 atom stereocenters. The number of phenolic OH excluding ortho intramolecular Hbond substituents is 1. The molecular formula is C47H77N7O14. The number of aliphatic imine (C=N–C) groups is 1. The Balaban J connectivity index is 2.30. The Morgan fingerprint density at radius 3 is 1.99 bits per heavy atom. The molecule has 0 aliphatic carbocycles. The van der Waals surface area contributed by atoms with Crippen molar-refractivity contribution in [1.29, 1.82) is 0 Å². The lowest BCUT2D eigenvalue weighted by Crippen LogP contribution is -2.52. The largest absolute Gasteiger partial charge is 0.508 e. The minimum Gasteiger partial charge on any atom is -0.508 e. The number of aliphatic carboxylic acids is 1. The van der Waals surface area contributed by atoms with Crippen LogP contribution in [0.5, 0.6) is 5.75 Å². The minimum atomic E-state index is -1.08. The Morgan fingerprint density at radius 1 is 0.706 bits per heavy atom. The number of hydrogen-bond acceptors (Lipinski definition) is 15. The van der Waals surface area contributed by atoms with Crippen molar-refractivity contribution < 1.29 is 67.5 Å². The molecule has 0 aliphatic rings. The predicted molar refractivity (Wildman–Crippen MR) is 252 cm³/mol. The first-order valence-corrected chi connectivity index (χ1v) is 23.5. The molecule has 1 aromatic carbocycles. The van der Waals surface area contributed by atoms with Gasteiger partial charge in [-0.25, -0.2) is 0 Å². The fraction of sp³-hybridized carbons (Fsp3) is 0.681. The smallest absolute Gasteiger partial charge is 0.306 e. The van der Waals surface area contributed by atoms with Gasteiger partial charge >= 0.3 is 5.97 Å². The van der Waals surface area contributed by atoms with Crippen molar-refractivity contribution in [2.45, 2.75) is 116 Å². The Bertz CT molecular complexity index is 1730. The SMILES string of the molecule is CCCCCCC(=O)C[C@@H](CCC(=O)NCCOCCOCC(=O)CCCOCCOCC(=O)N[C@H](C(=O)CN[C@@H](CN=C(N)N)C(=O)C[C@@H](Cc1ccc(O)cc1)C(N)=O)[C@@H](C)CC)C(=O)O. The number of carboxylic acid groups (broad SMARTS) is 1. The minimum absolute atomic E-state index is 0.0107. The van der Waals surface area contributed by atoms with Crippen molar-refractivity contribution in [2.24, 2.45) is 39.9 Å². The summed E-state index contributed by atoms with van der Waals surface area (Å²) < 4.78 is 21.7. The molecule has 384 valence electrons. The van der Waals surface area contributed by atoms with Crippen molar-refractivity contribution in [1.82, 2.24) is 16.0 Å². The van der Waals surface area contributed by atoms with E-state index in [4.69, 9.17) is 36.1 Å². The fourth-order valence-electron chi connectivity index (χ4n) is 6.71. The van der Waals surface area contributed by atoms with Gasteiger partial charge in [0.25, 0.3) is 0 Å². The van der Waals surface area contributed by atoms with E-state index in [1.54, 1.807) is 19.1 Å². The number of ketones is 4. The Morgan fingerprint density at radius 2 is 1.35 bits per heavy atom. The quantitative estimate of drug-likeness (QED) is 0.0259. The molecule has 68 heavy (non-hydrogen) atoms. The van der Waals surface area contributed by atoms with Gasteiger partial charge in [0.2, 0.25) is 17.7 Å². The van der Waals surface area contributed by atoms with Crippen molar-refractivity contribution in [2.75, 3.05) is 72.5 Å². The zero-order chi connectivity index (χ0) is 50.7. The van der Waals surface area contributed by atoms with E-state index >= 15 is 0 Å². The van der Waals surface area contributed by atoms with Crippen LogP contribution < -0.4 is 33.2 Å². The van der Waals surface area contributed by atoms with Gasteiger partial charge in [-0.15, -0.1) is 0 Å². The molecule has 0 aliphatic heterocycles. The van der Waals surface area contributed by atoms with E-state index in [2.05, 4.69) is 27.9 Å². The van der Waals surface area contributed by atoms with Crippen LogP contribution in [0.1, 0.15) is 103 Å². The van der Waals surface area contributed by atoms with Crippen molar-refractivity contribution in [3.8, 4) is 5.75 Å². The zero-order valence-electron chi connectivity index (χ0n) is 40.1. The highest BCUT2D eigenvalue weighted by Crippen LogP contribution is 2.18. The number of benzene rings is 1. The highest BCUT2D eigenvalue weighted by atomic mass is 16.5. The second-order valence-electron chi connectivity index (χ2n) is 16.7. The number of guanidine groups is 1. The molecule has 0 saturated heterocycles. The van der Waals surface area contributed by atoms with Gasteiger partial charge in [0, 0.05) is 51.2 Å². The third-order valence-corrected chi connectivity index (χ3v) is 10.9. The number of phenols is 1. The third kappa shape index (κ3) is 29.4. The molecular weight excluding hydrogens is 887 g/mol. The van der Waals surface area contributed by atoms with Gasteiger partial charge < -0.3 is 57.0 Å². The molecule has 11 N–H and O–H groups in total. The second kappa shape index (κ2) is 36.7. The van der Waals surface area contributed by atoms with E-state index in [0.717, 1.165) is 25.7 Å². The van der Waals surface area contributed by atoms with E-state index in [9.17, 15) is 48.6 Å². The molecule has 3 amide bonds. The summed E-state index contributed by atoms with van der Waals surface area (Å²) in [6.07, 6.45) is 5.23. The van der Waals surface area contributed by atoms with Crippen LogP contribution in [0, 0.1) is 17.8 Å². The van der Waals surface area contributed by atoms with Crippen molar-refractivity contribution in [3.05, 3.63) is 29.8 Å². The maximum atomic E-state index is 13.4. The molecule has 0 saturated carbocycles. The molecule has 0 radical (unpaired) electrons. The number of ether oxygens (including phenoxy) is 4. The summed E-state index contributed by atoms with van der Waals surface area (Å²) in [7, 11) is 0. The fourth-order valence-corrected chi connectivity index (χ4v) is 6.71. The summed E-state index contributed by atoms with van der Waals surface area (Å²) in [6.45, 7) is 6.07. The lowest BCUT2D eigenvalue weighted by atomic mass is 9.91. The van der Waals surface area contributed by atoms with Crippen LogP contribution in [-0.4, -0.2) is 148 Å². The predicted octanol–water partition coefficient (Wildman–Crippen LogP) is 1.27. The van der Waals surface area contributed by atoms with Crippen molar-refractivity contribution in [3.63, 3.8) is 0 Å². The number of carbonyl (C=O) groups is 8. The maximum Gasteiger partial charge on any atom is 0.306 e. The van der Waals surface area contributed by atoms with Gasteiger partial charge in [0.15, 0.2) is 23.3 Å². The van der Waals surface area contributed by atoms with E-state index in [0.29, 0.717) is 24.8 Å². The Kier molecular flexibility index (Phi) is 32.7. The number of nitrogens with zero attached hydrogens (tertiary/aromatic N) is 1. The summed E-state index contributed by atoms with van der Waals surface area (Å²) in [6, 6.07) is 4.19. The lowest BCUT2D eigenvalue weighted by Gasteiger charge is -2.25. The monoisotopic (exact) mass is 964 g/mol. The number of carbonyl (C=O) groups excluding carboxylic acids is 7. The van der Waals surface area contributed by atoms with Crippen LogP contribution in [0.4, 0.5) is 0 Å². The lowest BCUT2D eigenvalue weighted by molar-refractivity contribution is -0.144. The average molecular weight is 964 g/mol. The highest BCUT2D eigenvalue weighted by molar-refractivity contribution is 5.93. The van der Waals surface area contributed by atoms with Gasteiger partial charge in [-0.2, -0.15) is 0 Å². The van der Waals surface area contributed by atoms with Crippen LogP contribution >= 0.6 is 0 Å². The molecule has 0 unspecified atom stereocenters. The first kappa shape index (κ1) is 60.7. The summed E-state index contributed by atoms with van der Waals surface area (Å²) >= 11 is 0. The van der Waals surface area contributed by atoms with Gasteiger partial charge in [-0.3, -0.25) is 48.7 Å². The van der Waals surface area contributed by atoms with Crippen LogP contribution in [0.2, 0.25) is 0 Å². The highest BCUT2D eigenvalue weighted by Gasteiger charge is 2.30. The van der Waals surface area contributed by atoms with Crippen LogP contribution in [0.25, 0.3) is 0 Å². The number of nitrogens with two attached hydrogens (primary N) is 3. The molecule has 21 heteroatoms. The number of primary amides is 1. The number of carboxylic acids is 1. The number of rotatable bonds is 43. The van der Waals surface area contributed by atoms with Gasteiger partial charge in [0.1, 0.15) is 24.7 Å². The number of nitrogens with one attached hydrogen (secondary N) is 3. The van der Waals surface area contributed by atoms with Gasteiger partial charge in [0.05, 0.1) is 64.1 Å². The molecule has 1 rings (SSSR count). The van der Waals surface area contributed by atoms with E-state index in [-0.39, 0.29) is 146 Å². The average Bonchev–Trinajstić information content (AvgIpc) is 3.29. The van der Waals surface area contributed by atoms with Crippen molar-refractivity contribution >= 4 is 52.8 Å². The number of unbranched alkanes of at least 4 members (excludes halogenated alkanes) is 3. The number of Topliss-reactive ketones (excluding diaryl/α,β-unsaturated/α-hetero) is 4. The Labute approximate surface area is 399 Å². The molecule has 0 aromatic heterocycles. The molecule has 0 fully saturated rings. The zero-order valence-corrected chi connectivity index (χ0v) is 40.1. The first-order chi connectivity index (χ1) is 32.5. The molecule has 0 bridgehead atoms. The molecule has 1 aromatic rings. The number of amides is 3. The normalized spacial score (nSPS) is 13.3.